The number of furan rings is 1. The highest BCUT2D eigenvalue weighted by Gasteiger charge is 2.17. The number of benzene rings is 1. The van der Waals surface area contributed by atoms with Crippen LogP contribution in [-0.2, 0) is 20.2 Å². The zero-order chi connectivity index (χ0) is 21.5. The van der Waals surface area contributed by atoms with Crippen LogP contribution in [0.4, 0.5) is 0 Å². The summed E-state index contributed by atoms with van der Waals surface area (Å²) >= 11 is 0. The van der Waals surface area contributed by atoms with Crippen molar-refractivity contribution in [3.63, 3.8) is 0 Å². The van der Waals surface area contributed by atoms with Gasteiger partial charge in [0.15, 0.2) is 5.76 Å². The average molecular weight is 422 g/mol. The Morgan fingerprint density at radius 3 is 2.21 bits per heavy atom. The number of hydrogen-bond acceptors (Lipinski definition) is 5. The minimum Gasteiger partial charge on any atom is -0.459 e. The molecule has 0 saturated carbocycles. The van der Waals surface area contributed by atoms with E-state index in [4.69, 9.17) is 4.42 Å². The van der Waals surface area contributed by atoms with E-state index >= 15 is 0 Å². The standard InChI is InChI=1S/C20H27N3O5S/c1-20(2,3)15-6-8-16(9-7-15)29(26,27)23-11-10-18(24)21-12-13-22-19(25)17-5-4-14-28-17/h4-9,14,23H,10-13H2,1-3H3,(H,21,24)(H,22,25). The van der Waals surface area contributed by atoms with Crippen LogP contribution in [0.2, 0.25) is 0 Å². The van der Waals surface area contributed by atoms with E-state index in [1.165, 1.54) is 12.3 Å². The van der Waals surface area contributed by atoms with Crippen LogP contribution in [0.1, 0.15) is 43.3 Å². The van der Waals surface area contributed by atoms with Gasteiger partial charge in [0.25, 0.3) is 5.91 Å². The molecular formula is C20H27N3O5S. The van der Waals surface area contributed by atoms with Crippen molar-refractivity contribution >= 4 is 21.8 Å². The molecule has 9 heteroatoms. The first kappa shape index (κ1) is 22.6. The van der Waals surface area contributed by atoms with Crippen molar-refractivity contribution in [3.8, 4) is 0 Å². The molecule has 0 spiro atoms. The molecule has 0 aliphatic heterocycles. The largest absolute Gasteiger partial charge is 0.459 e. The van der Waals surface area contributed by atoms with Crippen LogP contribution in [0, 0.1) is 0 Å². The van der Waals surface area contributed by atoms with E-state index in [1.807, 2.05) is 0 Å². The Morgan fingerprint density at radius 1 is 0.966 bits per heavy atom. The summed E-state index contributed by atoms with van der Waals surface area (Å²) in [5.74, 6) is -0.487. The van der Waals surface area contributed by atoms with Gasteiger partial charge in [-0.05, 0) is 35.2 Å². The van der Waals surface area contributed by atoms with Gasteiger partial charge in [-0.15, -0.1) is 0 Å². The summed E-state index contributed by atoms with van der Waals surface area (Å²) < 4.78 is 32.0. The highest BCUT2D eigenvalue weighted by atomic mass is 32.2. The van der Waals surface area contributed by atoms with Gasteiger partial charge in [0.2, 0.25) is 15.9 Å². The number of amides is 2. The third kappa shape index (κ3) is 7.03. The van der Waals surface area contributed by atoms with Gasteiger partial charge in [-0.25, -0.2) is 13.1 Å². The highest BCUT2D eigenvalue weighted by Crippen LogP contribution is 2.23. The van der Waals surface area contributed by atoms with E-state index in [-0.39, 0.29) is 53.9 Å². The van der Waals surface area contributed by atoms with Gasteiger partial charge in [-0.3, -0.25) is 9.59 Å². The quantitative estimate of drug-likeness (QED) is 0.534. The van der Waals surface area contributed by atoms with E-state index in [2.05, 4.69) is 36.1 Å². The fraction of sp³-hybridized carbons (Fsp3) is 0.400. The Hall–Kier alpha value is -2.65. The van der Waals surface area contributed by atoms with Crippen molar-refractivity contribution in [3.05, 3.63) is 54.0 Å². The van der Waals surface area contributed by atoms with E-state index in [0.717, 1.165) is 5.56 Å². The van der Waals surface area contributed by atoms with Crippen LogP contribution in [0.25, 0.3) is 0 Å². The van der Waals surface area contributed by atoms with Gasteiger partial charge in [0.05, 0.1) is 11.2 Å². The van der Waals surface area contributed by atoms with Gasteiger partial charge in [0.1, 0.15) is 0 Å². The average Bonchev–Trinajstić information content (AvgIpc) is 3.19. The van der Waals surface area contributed by atoms with Crippen LogP contribution < -0.4 is 15.4 Å². The van der Waals surface area contributed by atoms with Gasteiger partial charge < -0.3 is 15.1 Å². The van der Waals surface area contributed by atoms with Crippen LogP contribution in [0.5, 0.6) is 0 Å². The van der Waals surface area contributed by atoms with E-state index in [1.54, 1.807) is 30.3 Å². The second kappa shape index (κ2) is 9.71. The molecule has 0 fully saturated rings. The van der Waals surface area contributed by atoms with Crippen molar-refractivity contribution < 1.29 is 22.4 Å². The minimum atomic E-state index is -3.68. The smallest absolute Gasteiger partial charge is 0.287 e. The maximum absolute atomic E-state index is 12.3. The minimum absolute atomic E-state index is 0.00850. The summed E-state index contributed by atoms with van der Waals surface area (Å²) in [6, 6.07) is 9.85. The molecule has 3 N–H and O–H groups in total. The fourth-order valence-corrected chi connectivity index (χ4v) is 3.51. The Labute approximate surface area is 171 Å². The van der Waals surface area contributed by atoms with Crippen LogP contribution in [-0.4, -0.2) is 39.9 Å². The number of hydrogen-bond donors (Lipinski definition) is 3. The Bertz CT molecular complexity index is 914. The van der Waals surface area contributed by atoms with Crippen LogP contribution in [0.3, 0.4) is 0 Å². The monoisotopic (exact) mass is 421 g/mol. The molecule has 0 aliphatic rings. The summed E-state index contributed by atoms with van der Waals surface area (Å²) in [7, 11) is -3.68. The molecule has 0 atom stereocenters. The van der Waals surface area contributed by atoms with Crippen molar-refractivity contribution in [2.45, 2.75) is 37.5 Å². The molecule has 29 heavy (non-hydrogen) atoms. The molecule has 2 rings (SSSR count). The molecule has 8 nitrogen and oxygen atoms in total. The maximum Gasteiger partial charge on any atom is 0.287 e. The summed E-state index contributed by atoms with van der Waals surface area (Å²) in [5, 5.41) is 5.21. The molecule has 0 unspecified atom stereocenters. The molecule has 2 amide bonds. The first-order valence-electron chi connectivity index (χ1n) is 9.28. The first-order valence-corrected chi connectivity index (χ1v) is 10.8. The Balaban J connectivity index is 1.70. The van der Waals surface area contributed by atoms with Crippen molar-refractivity contribution in [2.75, 3.05) is 19.6 Å². The second-order valence-corrected chi connectivity index (χ2v) is 9.27. The molecular weight excluding hydrogens is 394 g/mol. The normalized spacial score (nSPS) is 11.8. The lowest BCUT2D eigenvalue weighted by Crippen LogP contribution is -2.36. The Morgan fingerprint density at radius 2 is 1.62 bits per heavy atom. The number of carbonyl (C=O) groups excluding carboxylic acids is 2. The molecule has 1 aromatic carbocycles. The third-order valence-electron chi connectivity index (χ3n) is 4.15. The summed E-state index contributed by atoms with van der Waals surface area (Å²) in [6.45, 7) is 6.60. The molecule has 0 radical (unpaired) electrons. The maximum atomic E-state index is 12.3. The summed E-state index contributed by atoms with van der Waals surface area (Å²) in [4.78, 5) is 23.6. The second-order valence-electron chi connectivity index (χ2n) is 7.51. The van der Waals surface area contributed by atoms with E-state index in [9.17, 15) is 18.0 Å². The molecule has 1 aromatic heterocycles. The highest BCUT2D eigenvalue weighted by molar-refractivity contribution is 7.89. The third-order valence-corrected chi connectivity index (χ3v) is 5.63. The number of sulfonamides is 1. The van der Waals surface area contributed by atoms with E-state index in [0.29, 0.717) is 0 Å². The van der Waals surface area contributed by atoms with Crippen molar-refractivity contribution in [2.24, 2.45) is 0 Å². The van der Waals surface area contributed by atoms with E-state index < -0.39 is 10.0 Å². The molecule has 0 bridgehead atoms. The number of carbonyl (C=O) groups is 2. The zero-order valence-corrected chi connectivity index (χ0v) is 17.6. The molecule has 2 aromatic rings. The summed E-state index contributed by atoms with van der Waals surface area (Å²) in [6.07, 6.45) is 1.39. The summed E-state index contributed by atoms with van der Waals surface area (Å²) in [5.41, 5.74) is 0.973. The number of rotatable bonds is 9. The van der Waals surface area contributed by atoms with Crippen molar-refractivity contribution in [1.82, 2.24) is 15.4 Å². The molecule has 158 valence electrons. The van der Waals surface area contributed by atoms with Gasteiger partial charge in [-0.1, -0.05) is 32.9 Å². The predicted octanol–water partition coefficient (Wildman–Crippen LogP) is 1.79. The topological polar surface area (TPSA) is 118 Å². The molecule has 0 saturated heterocycles. The first-order chi connectivity index (χ1) is 13.6. The zero-order valence-electron chi connectivity index (χ0n) is 16.8. The lowest BCUT2D eigenvalue weighted by atomic mass is 9.87. The lowest BCUT2D eigenvalue weighted by molar-refractivity contribution is -0.120. The SMILES string of the molecule is CC(C)(C)c1ccc(S(=O)(=O)NCCC(=O)NCCNC(=O)c2ccco2)cc1. The van der Waals surface area contributed by atoms with Gasteiger partial charge in [-0.2, -0.15) is 0 Å². The molecule has 1 heterocycles. The van der Waals surface area contributed by atoms with Crippen LogP contribution >= 0.6 is 0 Å². The lowest BCUT2D eigenvalue weighted by Gasteiger charge is -2.19. The predicted molar refractivity (Wildman–Crippen MR) is 109 cm³/mol. The number of nitrogens with one attached hydrogen (secondary N) is 3. The Kier molecular flexibility index (Phi) is 7.58. The van der Waals surface area contributed by atoms with Crippen molar-refractivity contribution in [1.29, 1.82) is 0 Å². The van der Waals surface area contributed by atoms with Crippen LogP contribution in [0.15, 0.2) is 52.0 Å². The fourth-order valence-electron chi connectivity index (χ4n) is 2.48. The van der Waals surface area contributed by atoms with Gasteiger partial charge in [0, 0.05) is 26.1 Å². The molecule has 0 aliphatic carbocycles. The van der Waals surface area contributed by atoms with Gasteiger partial charge >= 0.3 is 0 Å².